The second-order valence-electron chi connectivity index (χ2n) is 4.31. The fourth-order valence-corrected chi connectivity index (χ4v) is 1.87. The Morgan fingerprint density at radius 2 is 2.20 bits per heavy atom. The molecule has 2 heterocycles. The number of ether oxygens (including phenoxy) is 1. The van der Waals surface area contributed by atoms with Gasteiger partial charge in [0.1, 0.15) is 5.52 Å². The summed E-state index contributed by atoms with van der Waals surface area (Å²) in [7, 11) is 1.59. The Morgan fingerprint density at radius 3 is 3.05 bits per heavy atom. The smallest absolute Gasteiger partial charge is 0.295 e. The Hall–Kier alpha value is -2.76. The molecule has 0 saturated carbocycles. The quantitative estimate of drug-likeness (QED) is 0.708. The second kappa shape index (κ2) is 5.08. The van der Waals surface area contributed by atoms with Gasteiger partial charge < -0.3 is 20.2 Å². The standard InChI is InChI=1S/C14H14N4O2/c1-19-13-6-9(4-5-16-13)8-17-14-18-11-3-2-10(15)7-12(11)20-14/h2-7H,8,15H2,1H3,(H,17,18). The van der Waals surface area contributed by atoms with Crippen LogP contribution in [0, 0.1) is 0 Å². The van der Waals surface area contributed by atoms with E-state index >= 15 is 0 Å². The van der Waals surface area contributed by atoms with E-state index in [9.17, 15) is 0 Å². The highest BCUT2D eigenvalue weighted by Gasteiger charge is 2.06. The number of oxazole rings is 1. The number of nitrogen functional groups attached to an aromatic ring is 1. The molecule has 0 aliphatic carbocycles. The number of hydrogen-bond donors (Lipinski definition) is 2. The first-order valence-corrected chi connectivity index (χ1v) is 6.13. The van der Waals surface area contributed by atoms with Crippen molar-refractivity contribution in [2.45, 2.75) is 6.54 Å². The Bertz CT molecular complexity index is 739. The van der Waals surface area contributed by atoms with Gasteiger partial charge in [-0.05, 0) is 23.8 Å². The average Bonchev–Trinajstić information content (AvgIpc) is 2.87. The number of pyridine rings is 1. The topological polar surface area (TPSA) is 86.2 Å². The third-order valence-electron chi connectivity index (χ3n) is 2.86. The van der Waals surface area contributed by atoms with E-state index < -0.39 is 0 Å². The van der Waals surface area contributed by atoms with Gasteiger partial charge in [0.05, 0.1) is 7.11 Å². The Balaban J connectivity index is 1.76. The van der Waals surface area contributed by atoms with Crippen LogP contribution in [0.4, 0.5) is 11.7 Å². The van der Waals surface area contributed by atoms with Crippen molar-refractivity contribution < 1.29 is 9.15 Å². The fraction of sp³-hybridized carbons (Fsp3) is 0.143. The number of benzene rings is 1. The molecule has 0 saturated heterocycles. The zero-order valence-electron chi connectivity index (χ0n) is 11.0. The lowest BCUT2D eigenvalue weighted by atomic mass is 10.2. The molecular formula is C14H14N4O2. The van der Waals surface area contributed by atoms with E-state index in [1.54, 1.807) is 25.4 Å². The van der Waals surface area contributed by atoms with Gasteiger partial charge in [0.2, 0.25) is 5.88 Å². The second-order valence-corrected chi connectivity index (χ2v) is 4.31. The first-order chi connectivity index (χ1) is 9.74. The maximum Gasteiger partial charge on any atom is 0.295 e. The van der Waals surface area contributed by atoms with E-state index in [0.29, 0.717) is 29.7 Å². The van der Waals surface area contributed by atoms with Crippen LogP contribution in [-0.2, 0) is 6.54 Å². The molecule has 0 aliphatic heterocycles. The normalized spacial score (nSPS) is 10.7. The SMILES string of the molecule is COc1cc(CNc2nc3ccc(N)cc3o2)ccn1. The Kier molecular flexibility index (Phi) is 3.12. The number of fused-ring (bicyclic) bond motifs is 1. The van der Waals surface area contributed by atoms with Crippen molar-refractivity contribution in [3.8, 4) is 5.88 Å². The van der Waals surface area contributed by atoms with E-state index in [1.807, 2.05) is 18.2 Å². The predicted octanol–water partition coefficient (Wildman–Crippen LogP) is 2.43. The summed E-state index contributed by atoms with van der Waals surface area (Å²) in [5, 5.41) is 3.12. The van der Waals surface area contributed by atoms with Crippen LogP contribution in [0.1, 0.15) is 5.56 Å². The van der Waals surface area contributed by atoms with Crippen molar-refractivity contribution in [2.75, 3.05) is 18.2 Å². The van der Waals surface area contributed by atoms with Gasteiger partial charge in [-0.15, -0.1) is 0 Å². The van der Waals surface area contributed by atoms with Crippen molar-refractivity contribution in [2.24, 2.45) is 0 Å². The predicted molar refractivity (Wildman–Crippen MR) is 76.5 cm³/mol. The highest BCUT2D eigenvalue weighted by atomic mass is 16.5. The Labute approximate surface area is 115 Å². The summed E-state index contributed by atoms with van der Waals surface area (Å²) in [6.07, 6.45) is 1.70. The van der Waals surface area contributed by atoms with Crippen molar-refractivity contribution in [3.05, 3.63) is 42.1 Å². The molecule has 0 amide bonds. The monoisotopic (exact) mass is 270 g/mol. The van der Waals surface area contributed by atoms with Crippen LogP contribution in [-0.4, -0.2) is 17.1 Å². The van der Waals surface area contributed by atoms with E-state index in [1.165, 1.54) is 0 Å². The summed E-state index contributed by atoms with van der Waals surface area (Å²) >= 11 is 0. The molecule has 3 rings (SSSR count). The minimum atomic E-state index is 0.460. The molecule has 0 unspecified atom stereocenters. The first kappa shape index (κ1) is 12.3. The van der Waals surface area contributed by atoms with Gasteiger partial charge >= 0.3 is 0 Å². The van der Waals surface area contributed by atoms with E-state index in [0.717, 1.165) is 11.1 Å². The van der Waals surface area contributed by atoms with Crippen LogP contribution < -0.4 is 15.8 Å². The lowest BCUT2D eigenvalue weighted by Gasteiger charge is -2.03. The minimum Gasteiger partial charge on any atom is -0.481 e. The maximum absolute atomic E-state index is 5.70. The van der Waals surface area contributed by atoms with Crippen LogP contribution in [0.25, 0.3) is 11.1 Å². The molecule has 0 spiro atoms. The molecule has 0 aliphatic rings. The third-order valence-corrected chi connectivity index (χ3v) is 2.86. The van der Waals surface area contributed by atoms with Crippen LogP contribution in [0.3, 0.4) is 0 Å². The summed E-state index contributed by atoms with van der Waals surface area (Å²) in [5.41, 5.74) is 8.82. The maximum atomic E-state index is 5.70. The molecule has 0 atom stereocenters. The molecule has 2 aromatic heterocycles. The van der Waals surface area contributed by atoms with Crippen molar-refractivity contribution >= 4 is 22.8 Å². The van der Waals surface area contributed by atoms with Crippen molar-refractivity contribution in [3.63, 3.8) is 0 Å². The van der Waals surface area contributed by atoms with Crippen LogP contribution in [0.2, 0.25) is 0 Å². The van der Waals surface area contributed by atoms with Gasteiger partial charge in [-0.1, -0.05) is 0 Å². The molecule has 6 nitrogen and oxygen atoms in total. The van der Waals surface area contributed by atoms with Crippen LogP contribution >= 0.6 is 0 Å². The summed E-state index contributed by atoms with van der Waals surface area (Å²) in [4.78, 5) is 8.39. The number of aromatic nitrogens is 2. The van der Waals surface area contributed by atoms with E-state index in [2.05, 4.69) is 15.3 Å². The number of methoxy groups -OCH3 is 1. The lowest BCUT2D eigenvalue weighted by molar-refractivity contribution is 0.397. The number of nitrogens with zero attached hydrogens (tertiary/aromatic N) is 2. The van der Waals surface area contributed by atoms with Gasteiger partial charge in [-0.2, -0.15) is 4.98 Å². The molecule has 20 heavy (non-hydrogen) atoms. The molecular weight excluding hydrogens is 256 g/mol. The highest BCUT2D eigenvalue weighted by molar-refractivity contribution is 5.78. The molecule has 1 aromatic carbocycles. The fourth-order valence-electron chi connectivity index (χ4n) is 1.87. The zero-order chi connectivity index (χ0) is 13.9. The minimum absolute atomic E-state index is 0.460. The molecule has 3 N–H and O–H groups in total. The van der Waals surface area contributed by atoms with E-state index in [4.69, 9.17) is 14.9 Å². The molecule has 0 bridgehead atoms. The molecule has 6 heteroatoms. The van der Waals surface area contributed by atoms with Crippen LogP contribution in [0.5, 0.6) is 5.88 Å². The largest absolute Gasteiger partial charge is 0.481 e. The number of hydrogen-bond acceptors (Lipinski definition) is 6. The van der Waals surface area contributed by atoms with Crippen molar-refractivity contribution in [1.29, 1.82) is 0 Å². The van der Waals surface area contributed by atoms with Crippen molar-refractivity contribution in [1.82, 2.24) is 9.97 Å². The molecule has 102 valence electrons. The van der Waals surface area contributed by atoms with Gasteiger partial charge in [0, 0.05) is 30.6 Å². The zero-order valence-corrected chi connectivity index (χ0v) is 11.0. The summed E-state index contributed by atoms with van der Waals surface area (Å²) < 4.78 is 10.7. The number of nitrogens with one attached hydrogen (secondary N) is 1. The summed E-state index contributed by atoms with van der Waals surface area (Å²) in [6, 6.07) is 9.59. The van der Waals surface area contributed by atoms with Gasteiger partial charge in [0.15, 0.2) is 5.58 Å². The Morgan fingerprint density at radius 1 is 1.30 bits per heavy atom. The highest BCUT2D eigenvalue weighted by Crippen LogP contribution is 2.21. The van der Waals surface area contributed by atoms with Gasteiger partial charge in [-0.25, -0.2) is 4.98 Å². The first-order valence-electron chi connectivity index (χ1n) is 6.13. The lowest BCUT2D eigenvalue weighted by Crippen LogP contribution is -2.00. The van der Waals surface area contributed by atoms with Crippen LogP contribution in [0.15, 0.2) is 40.9 Å². The average molecular weight is 270 g/mol. The number of nitrogens with two attached hydrogens (primary N) is 1. The third kappa shape index (κ3) is 2.49. The molecule has 0 fully saturated rings. The van der Waals surface area contributed by atoms with Gasteiger partial charge in [-0.3, -0.25) is 0 Å². The molecule has 0 radical (unpaired) electrons. The summed E-state index contributed by atoms with van der Waals surface area (Å²) in [6.45, 7) is 0.571. The van der Waals surface area contributed by atoms with E-state index in [-0.39, 0.29) is 0 Å². The van der Waals surface area contributed by atoms with Gasteiger partial charge in [0.25, 0.3) is 6.01 Å². The number of rotatable bonds is 4. The molecule has 3 aromatic rings. The number of anilines is 2. The summed E-state index contributed by atoms with van der Waals surface area (Å²) in [5.74, 6) is 0.578.